The molecule has 0 unspecified atom stereocenters. The Morgan fingerprint density at radius 1 is 1.26 bits per heavy atom. The number of nitrogens with one attached hydrogen (secondary N) is 1. The van der Waals surface area contributed by atoms with Crippen LogP contribution >= 0.6 is 0 Å². The topological polar surface area (TPSA) is 81.4 Å². The Morgan fingerprint density at radius 3 is 2.32 bits per heavy atom. The van der Waals surface area contributed by atoms with E-state index in [2.05, 4.69) is 5.32 Å². The Labute approximate surface area is 113 Å². The molecule has 0 aliphatic heterocycles. The summed E-state index contributed by atoms with van der Waals surface area (Å²) >= 11 is 0. The number of rotatable bonds is 5. The highest BCUT2D eigenvalue weighted by molar-refractivity contribution is 5.97. The van der Waals surface area contributed by atoms with Crippen LogP contribution in [0.1, 0.15) is 30.6 Å². The zero-order chi connectivity index (χ0) is 14.4. The summed E-state index contributed by atoms with van der Waals surface area (Å²) in [5.41, 5.74) is 6.61. The second kappa shape index (κ2) is 6.78. The highest BCUT2D eigenvalue weighted by atomic mass is 16.5. The molecule has 0 aliphatic rings. The maximum atomic E-state index is 12.0. The molecule has 1 atom stereocenters. The molecule has 3 N–H and O–H groups in total. The van der Waals surface area contributed by atoms with Crippen LogP contribution in [0.4, 0.5) is 5.69 Å². The molecule has 104 valence electrons. The Hall–Kier alpha value is -2.04. The number of nitrogens with two attached hydrogens (primary N) is 1. The summed E-state index contributed by atoms with van der Waals surface area (Å²) in [5.74, 6) is -0.468. The molecule has 0 saturated carbocycles. The van der Waals surface area contributed by atoms with Crippen molar-refractivity contribution >= 4 is 17.6 Å². The number of methoxy groups -OCH3 is 1. The number of benzene rings is 1. The molecule has 0 aromatic heterocycles. The fraction of sp³-hybridized carbons (Fsp3) is 0.429. The molecule has 0 bridgehead atoms. The predicted molar refractivity (Wildman–Crippen MR) is 73.6 cm³/mol. The number of anilines is 1. The van der Waals surface area contributed by atoms with E-state index in [0.29, 0.717) is 17.7 Å². The van der Waals surface area contributed by atoms with E-state index in [-0.39, 0.29) is 11.8 Å². The van der Waals surface area contributed by atoms with Gasteiger partial charge < -0.3 is 15.8 Å². The third-order valence-corrected chi connectivity index (χ3v) is 2.67. The number of hydrogen-bond acceptors (Lipinski definition) is 4. The molecule has 5 heteroatoms. The highest BCUT2D eigenvalue weighted by Crippen LogP contribution is 2.09. The van der Waals surface area contributed by atoms with Gasteiger partial charge in [-0.25, -0.2) is 4.79 Å². The number of nitrogen functional groups attached to an aromatic ring is 1. The number of hydrogen-bond donors (Lipinski definition) is 2. The minimum Gasteiger partial charge on any atom is -0.467 e. The van der Waals surface area contributed by atoms with Crippen LogP contribution in [-0.2, 0) is 9.53 Å². The van der Waals surface area contributed by atoms with Gasteiger partial charge in [0.05, 0.1) is 7.11 Å². The zero-order valence-electron chi connectivity index (χ0n) is 11.5. The van der Waals surface area contributed by atoms with Crippen molar-refractivity contribution in [2.45, 2.75) is 26.3 Å². The van der Waals surface area contributed by atoms with Crippen molar-refractivity contribution in [1.29, 1.82) is 0 Å². The molecule has 1 amide bonds. The van der Waals surface area contributed by atoms with Crippen molar-refractivity contribution in [2.24, 2.45) is 5.92 Å². The van der Waals surface area contributed by atoms with E-state index in [9.17, 15) is 9.59 Å². The lowest BCUT2D eigenvalue weighted by Gasteiger charge is -2.18. The Bertz CT molecular complexity index is 441. The number of esters is 1. The summed E-state index contributed by atoms with van der Waals surface area (Å²) in [4.78, 5) is 23.6. The van der Waals surface area contributed by atoms with Gasteiger partial charge in [0.1, 0.15) is 6.04 Å². The number of amides is 1. The van der Waals surface area contributed by atoms with Crippen LogP contribution in [0.5, 0.6) is 0 Å². The van der Waals surface area contributed by atoms with E-state index in [1.54, 1.807) is 24.3 Å². The Balaban J connectivity index is 2.75. The van der Waals surface area contributed by atoms with Crippen LogP contribution in [0.3, 0.4) is 0 Å². The van der Waals surface area contributed by atoms with E-state index in [1.807, 2.05) is 13.8 Å². The molecule has 1 aromatic carbocycles. The second-order valence-corrected chi connectivity index (χ2v) is 4.80. The second-order valence-electron chi connectivity index (χ2n) is 4.80. The van der Waals surface area contributed by atoms with Gasteiger partial charge in [0, 0.05) is 11.3 Å². The number of carbonyl (C=O) groups excluding carboxylic acids is 2. The molecular formula is C14H20N2O3. The smallest absolute Gasteiger partial charge is 0.328 e. The summed E-state index contributed by atoms with van der Waals surface area (Å²) in [6, 6.07) is 5.90. The molecule has 0 radical (unpaired) electrons. The van der Waals surface area contributed by atoms with E-state index >= 15 is 0 Å². The standard InChI is InChI=1S/C14H20N2O3/c1-9(2)8-12(14(18)19-3)16-13(17)10-4-6-11(15)7-5-10/h4-7,9,12H,8,15H2,1-3H3,(H,16,17)/t12-/m0/s1. The lowest BCUT2D eigenvalue weighted by Crippen LogP contribution is -2.42. The number of carbonyl (C=O) groups is 2. The fourth-order valence-corrected chi connectivity index (χ4v) is 1.70. The van der Waals surface area contributed by atoms with Crippen LogP contribution in [0.2, 0.25) is 0 Å². The van der Waals surface area contributed by atoms with Gasteiger partial charge in [-0.15, -0.1) is 0 Å². The first-order chi connectivity index (χ1) is 8.93. The van der Waals surface area contributed by atoms with Gasteiger partial charge >= 0.3 is 5.97 Å². The zero-order valence-corrected chi connectivity index (χ0v) is 11.5. The van der Waals surface area contributed by atoms with Crippen molar-refractivity contribution in [1.82, 2.24) is 5.32 Å². The third kappa shape index (κ3) is 4.62. The fourth-order valence-electron chi connectivity index (χ4n) is 1.70. The van der Waals surface area contributed by atoms with Crippen LogP contribution in [0, 0.1) is 5.92 Å². The monoisotopic (exact) mass is 264 g/mol. The van der Waals surface area contributed by atoms with Gasteiger partial charge in [-0.3, -0.25) is 4.79 Å². The quantitative estimate of drug-likeness (QED) is 0.625. The molecule has 0 heterocycles. The van der Waals surface area contributed by atoms with Crippen molar-refractivity contribution in [2.75, 3.05) is 12.8 Å². The van der Waals surface area contributed by atoms with Crippen molar-refractivity contribution < 1.29 is 14.3 Å². The molecule has 0 fully saturated rings. The minimum atomic E-state index is -0.630. The molecule has 0 aliphatic carbocycles. The third-order valence-electron chi connectivity index (χ3n) is 2.67. The van der Waals surface area contributed by atoms with Crippen molar-refractivity contribution in [3.05, 3.63) is 29.8 Å². The molecule has 19 heavy (non-hydrogen) atoms. The van der Waals surface area contributed by atoms with Crippen LogP contribution in [0.25, 0.3) is 0 Å². The predicted octanol–water partition coefficient (Wildman–Crippen LogP) is 1.59. The SMILES string of the molecule is COC(=O)[C@H](CC(C)C)NC(=O)c1ccc(N)cc1. The molecule has 1 rings (SSSR count). The Morgan fingerprint density at radius 2 is 1.84 bits per heavy atom. The molecule has 0 saturated heterocycles. The van der Waals surface area contributed by atoms with E-state index in [4.69, 9.17) is 10.5 Å². The van der Waals surface area contributed by atoms with Gasteiger partial charge in [0.2, 0.25) is 0 Å². The Kier molecular flexibility index (Phi) is 5.36. The van der Waals surface area contributed by atoms with Crippen molar-refractivity contribution in [3.63, 3.8) is 0 Å². The lowest BCUT2D eigenvalue weighted by molar-refractivity contribution is -0.143. The maximum Gasteiger partial charge on any atom is 0.328 e. The van der Waals surface area contributed by atoms with Crippen molar-refractivity contribution in [3.8, 4) is 0 Å². The molecule has 0 spiro atoms. The summed E-state index contributed by atoms with van der Waals surface area (Å²) in [6.45, 7) is 3.95. The van der Waals surface area contributed by atoms with Gasteiger partial charge in [-0.05, 0) is 36.6 Å². The average molecular weight is 264 g/mol. The molecule has 5 nitrogen and oxygen atoms in total. The largest absolute Gasteiger partial charge is 0.467 e. The summed E-state index contributed by atoms with van der Waals surface area (Å²) in [5, 5.41) is 2.68. The average Bonchev–Trinajstić information content (AvgIpc) is 2.37. The normalized spacial score (nSPS) is 12.0. The van der Waals surface area contributed by atoms with Crippen LogP contribution in [-0.4, -0.2) is 25.0 Å². The van der Waals surface area contributed by atoms with Crippen LogP contribution < -0.4 is 11.1 Å². The first-order valence-electron chi connectivity index (χ1n) is 6.18. The van der Waals surface area contributed by atoms with E-state index < -0.39 is 12.0 Å². The van der Waals surface area contributed by atoms with E-state index in [1.165, 1.54) is 7.11 Å². The maximum absolute atomic E-state index is 12.0. The van der Waals surface area contributed by atoms with Gasteiger partial charge in [0.15, 0.2) is 0 Å². The molecular weight excluding hydrogens is 244 g/mol. The summed E-state index contributed by atoms with van der Waals surface area (Å²) < 4.78 is 4.70. The van der Waals surface area contributed by atoms with Crippen LogP contribution in [0.15, 0.2) is 24.3 Å². The lowest BCUT2D eigenvalue weighted by atomic mass is 10.0. The van der Waals surface area contributed by atoms with E-state index in [0.717, 1.165) is 0 Å². The first-order valence-corrected chi connectivity index (χ1v) is 6.18. The highest BCUT2D eigenvalue weighted by Gasteiger charge is 2.22. The van der Waals surface area contributed by atoms with Gasteiger partial charge in [0.25, 0.3) is 5.91 Å². The first kappa shape index (κ1) is 15.0. The minimum absolute atomic E-state index is 0.274. The van der Waals surface area contributed by atoms with Gasteiger partial charge in [-0.2, -0.15) is 0 Å². The molecule has 1 aromatic rings. The summed E-state index contributed by atoms with van der Waals surface area (Å²) in [7, 11) is 1.31. The number of ether oxygens (including phenoxy) is 1. The summed E-state index contributed by atoms with van der Waals surface area (Å²) in [6.07, 6.45) is 0.535. The van der Waals surface area contributed by atoms with Gasteiger partial charge in [-0.1, -0.05) is 13.8 Å².